The summed E-state index contributed by atoms with van der Waals surface area (Å²) in [4.78, 5) is 10.7. The van der Waals surface area contributed by atoms with Gasteiger partial charge in [0.2, 0.25) is 0 Å². The molecule has 0 aliphatic heterocycles. The fourth-order valence-electron chi connectivity index (χ4n) is 1.96. The summed E-state index contributed by atoms with van der Waals surface area (Å²) in [7, 11) is 0. The zero-order valence-corrected chi connectivity index (χ0v) is 8.52. The molecule has 0 heterocycles. The summed E-state index contributed by atoms with van der Waals surface area (Å²) in [6.07, 6.45) is 7.99. The van der Waals surface area contributed by atoms with E-state index in [1.807, 2.05) is 12.1 Å². The molecule has 2 heteroatoms. The van der Waals surface area contributed by atoms with E-state index < -0.39 is 5.97 Å². The van der Waals surface area contributed by atoms with Gasteiger partial charge < -0.3 is 5.11 Å². The van der Waals surface area contributed by atoms with Crippen LogP contribution in [0.2, 0.25) is 0 Å². The van der Waals surface area contributed by atoms with Crippen molar-refractivity contribution in [2.24, 2.45) is 0 Å². The molecule has 0 fully saturated rings. The fourth-order valence-corrected chi connectivity index (χ4v) is 1.96. The molecule has 0 unspecified atom stereocenters. The summed E-state index contributed by atoms with van der Waals surface area (Å²) >= 11 is 0. The smallest absolute Gasteiger partial charge is 0.335 e. The average molecular weight is 202 g/mol. The highest BCUT2D eigenvalue weighted by molar-refractivity contribution is 5.87. The molecule has 0 amide bonds. The molecule has 0 radical (unpaired) electrons. The van der Waals surface area contributed by atoms with Gasteiger partial charge in [0.15, 0.2) is 0 Å². The Morgan fingerprint density at radius 3 is 2.53 bits per heavy atom. The van der Waals surface area contributed by atoms with Gasteiger partial charge in [-0.1, -0.05) is 24.3 Å². The zero-order chi connectivity index (χ0) is 10.7. The average Bonchev–Trinajstić information content (AvgIpc) is 2.30. The van der Waals surface area contributed by atoms with Crippen molar-refractivity contribution < 1.29 is 9.90 Å². The van der Waals surface area contributed by atoms with Crippen molar-refractivity contribution >= 4 is 5.97 Å². The number of benzene rings is 1. The Kier molecular flexibility index (Phi) is 2.86. The lowest BCUT2D eigenvalue weighted by molar-refractivity contribution is 0.0697. The predicted octanol–water partition coefficient (Wildman–Crippen LogP) is 3.21. The van der Waals surface area contributed by atoms with E-state index in [2.05, 4.69) is 12.2 Å². The van der Waals surface area contributed by atoms with Gasteiger partial charge >= 0.3 is 5.97 Å². The van der Waals surface area contributed by atoms with E-state index in [1.165, 1.54) is 24.8 Å². The Balaban J connectivity index is 2.19. The first-order valence-corrected chi connectivity index (χ1v) is 5.27. The van der Waals surface area contributed by atoms with E-state index >= 15 is 0 Å². The van der Waals surface area contributed by atoms with Crippen LogP contribution in [0, 0.1) is 0 Å². The maximum atomic E-state index is 10.7. The van der Waals surface area contributed by atoms with Crippen molar-refractivity contribution in [1.29, 1.82) is 0 Å². The van der Waals surface area contributed by atoms with Gasteiger partial charge in [0.05, 0.1) is 5.56 Å². The second kappa shape index (κ2) is 4.30. The molecule has 1 aromatic carbocycles. The molecule has 1 aromatic rings. The first-order chi connectivity index (χ1) is 7.27. The lowest BCUT2D eigenvalue weighted by Gasteiger charge is -2.16. The molecular formula is C13H14O2. The third-order valence-electron chi connectivity index (χ3n) is 2.84. The topological polar surface area (TPSA) is 37.3 Å². The zero-order valence-electron chi connectivity index (χ0n) is 8.52. The van der Waals surface area contributed by atoms with Crippen LogP contribution in [0.15, 0.2) is 36.4 Å². The minimum absolute atomic E-state index is 0.360. The quantitative estimate of drug-likeness (QED) is 0.748. The van der Waals surface area contributed by atoms with Crippen LogP contribution in [0.3, 0.4) is 0 Å². The molecule has 78 valence electrons. The third kappa shape index (κ3) is 2.27. The first-order valence-electron chi connectivity index (χ1n) is 5.27. The Bertz CT molecular complexity index is 376. The fraction of sp³-hybridized carbons (Fsp3) is 0.308. The maximum absolute atomic E-state index is 10.7. The molecule has 1 N–H and O–H groups in total. The molecule has 0 aromatic heterocycles. The third-order valence-corrected chi connectivity index (χ3v) is 2.84. The van der Waals surface area contributed by atoms with E-state index in [0.29, 0.717) is 11.5 Å². The summed E-state index contributed by atoms with van der Waals surface area (Å²) in [5.41, 5.74) is 1.58. The molecule has 15 heavy (non-hydrogen) atoms. The van der Waals surface area contributed by atoms with Crippen LogP contribution in [0.4, 0.5) is 0 Å². The summed E-state index contributed by atoms with van der Waals surface area (Å²) in [6.45, 7) is 0. The number of hydrogen-bond acceptors (Lipinski definition) is 1. The number of carboxylic acids is 1. The summed E-state index contributed by atoms with van der Waals surface area (Å²) in [6, 6.07) is 7.20. The molecule has 2 nitrogen and oxygen atoms in total. The molecule has 2 rings (SSSR count). The summed E-state index contributed by atoms with van der Waals surface area (Å²) in [5, 5.41) is 8.77. The van der Waals surface area contributed by atoms with Crippen molar-refractivity contribution in [3.8, 4) is 0 Å². The van der Waals surface area contributed by atoms with Crippen molar-refractivity contribution in [2.45, 2.75) is 25.2 Å². The van der Waals surface area contributed by atoms with Crippen molar-refractivity contribution in [3.63, 3.8) is 0 Å². The number of allylic oxidation sites excluding steroid dienone is 2. The van der Waals surface area contributed by atoms with Gasteiger partial charge in [-0.25, -0.2) is 4.79 Å². The second-order valence-corrected chi connectivity index (χ2v) is 3.89. The molecular weight excluding hydrogens is 188 g/mol. The van der Waals surface area contributed by atoms with Crippen LogP contribution < -0.4 is 0 Å². The van der Waals surface area contributed by atoms with Crippen LogP contribution >= 0.6 is 0 Å². The van der Waals surface area contributed by atoms with Gasteiger partial charge in [0.25, 0.3) is 0 Å². The lowest BCUT2D eigenvalue weighted by atomic mass is 9.89. The SMILES string of the molecule is O=C(O)c1ccc([C@H]2C=CCCC2)cc1. The highest BCUT2D eigenvalue weighted by atomic mass is 16.4. The van der Waals surface area contributed by atoms with E-state index in [1.54, 1.807) is 12.1 Å². The van der Waals surface area contributed by atoms with Crippen molar-refractivity contribution in [2.75, 3.05) is 0 Å². The van der Waals surface area contributed by atoms with Gasteiger partial charge in [-0.05, 0) is 37.0 Å². The van der Waals surface area contributed by atoms with Crippen LogP contribution in [0.5, 0.6) is 0 Å². The number of hydrogen-bond donors (Lipinski definition) is 1. The summed E-state index contributed by atoms with van der Waals surface area (Å²) in [5.74, 6) is -0.387. The highest BCUT2D eigenvalue weighted by Gasteiger charge is 2.11. The molecule has 0 saturated carbocycles. The van der Waals surface area contributed by atoms with Gasteiger partial charge in [-0.2, -0.15) is 0 Å². The van der Waals surface area contributed by atoms with Crippen LogP contribution in [0.25, 0.3) is 0 Å². The largest absolute Gasteiger partial charge is 0.478 e. The number of aromatic carboxylic acids is 1. The Morgan fingerprint density at radius 2 is 2.00 bits per heavy atom. The molecule has 0 spiro atoms. The van der Waals surface area contributed by atoms with Gasteiger partial charge in [0, 0.05) is 5.92 Å². The predicted molar refractivity (Wildman–Crippen MR) is 59.1 cm³/mol. The highest BCUT2D eigenvalue weighted by Crippen LogP contribution is 2.27. The van der Waals surface area contributed by atoms with Crippen LogP contribution in [-0.2, 0) is 0 Å². The van der Waals surface area contributed by atoms with Gasteiger partial charge in [0.1, 0.15) is 0 Å². The Labute approximate surface area is 89.2 Å². The standard InChI is InChI=1S/C13H14O2/c14-13(15)12-8-6-11(7-9-12)10-4-2-1-3-5-10/h2,4,6-10H,1,3,5H2,(H,14,15)/t10-/m0/s1. The van der Waals surface area contributed by atoms with E-state index in [-0.39, 0.29) is 0 Å². The molecule has 1 aliphatic carbocycles. The van der Waals surface area contributed by atoms with E-state index in [9.17, 15) is 4.79 Å². The molecule has 0 bridgehead atoms. The van der Waals surface area contributed by atoms with Gasteiger partial charge in [-0.15, -0.1) is 0 Å². The van der Waals surface area contributed by atoms with Gasteiger partial charge in [-0.3, -0.25) is 0 Å². The Hall–Kier alpha value is -1.57. The number of rotatable bonds is 2. The van der Waals surface area contributed by atoms with Crippen molar-refractivity contribution in [3.05, 3.63) is 47.5 Å². The molecule has 0 saturated heterocycles. The Morgan fingerprint density at radius 1 is 1.27 bits per heavy atom. The molecule has 1 atom stereocenters. The normalized spacial score (nSPS) is 20.1. The van der Waals surface area contributed by atoms with E-state index in [4.69, 9.17) is 5.11 Å². The number of carboxylic acid groups (broad SMARTS) is 1. The summed E-state index contributed by atoms with van der Waals surface area (Å²) < 4.78 is 0. The van der Waals surface area contributed by atoms with Crippen LogP contribution in [-0.4, -0.2) is 11.1 Å². The minimum Gasteiger partial charge on any atom is -0.478 e. The number of carbonyl (C=O) groups is 1. The van der Waals surface area contributed by atoms with Crippen molar-refractivity contribution in [1.82, 2.24) is 0 Å². The maximum Gasteiger partial charge on any atom is 0.335 e. The monoisotopic (exact) mass is 202 g/mol. The second-order valence-electron chi connectivity index (χ2n) is 3.89. The first kappa shape index (κ1) is 9.97. The lowest BCUT2D eigenvalue weighted by Crippen LogP contribution is -2.01. The molecule has 1 aliphatic rings. The van der Waals surface area contributed by atoms with E-state index in [0.717, 1.165) is 0 Å². The van der Waals surface area contributed by atoms with Crippen LogP contribution in [0.1, 0.15) is 41.1 Å². The minimum atomic E-state index is -0.860.